The van der Waals surface area contributed by atoms with Gasteiger partial charge in [0.15, 0.2) is 0 Å². The minimum Gasteiger partial charge on any atom is -0.278 e. The van der Waals surface area contributed by atoms with Crippen LogP contribution in [0.3, 0.4) is 0 Å². The summed E-state index contributed by atoms with van der Waals surface area (Å²) in [6.07, 6.45) is 0.361. The third-order valence-electron chi connectivity index (χ3n) is 3.75. The molecule has 21 heavy (non-hydrogen) atoms. The Bertz CT molecular complexity index is 684. The molecule has 0 spiro atoms. The molecule has 1 fully saturated rings. The van der Waals surface area contributed by atoms with Crippen LogP contribution in [0.25, 0.3) is 0 Å². The van der Waals surface area contributed by atoms with E-state index in [-0.39, 0.29) is 17.7 Å². The molecular weight excluding hydrogens is 286 g/mol. The molecule has 2 aromatic carbocycles. The summed E-state index contributed by atoms with van der Waals surface area (Å²) in [6, 6.07) is 16.6. The number of nitrogens with zero attached hydrogens (tertiary/aromatic N) is 1. The summed E-state index contributed by atoms with van der Waals surface area (Å²) in [4.78, 5) is 25.9. The average molecular weight is 300 g/mol. The number of benzene rings is 2. The Morgan fingerprint density at radius 3 is 2.43 bits per heavy atom. The van der Waals surface area contributed by atoms with E-state index in [1.54, 1.807) is 24.3 Å². The second-order valence-electron chi connectivity index (χ2n) is 5.10. The SMILES string of the molecule is O=C1C[C@@H](c2ccccc2)CN1C(=O)c1ccccc1Cl. The molecule has 0 radical (unpaired) electrons. The predicted molar refractivity (Wildman–Crippen MR) is 81.3 cm³/mol. The lowest BCUT2D eigenvalue weighted by Crippen LogP contribution is -2.32. The van der Waals surface area contributed by atoms with Crippen LogP contribution in [-0.2, 0) is 4.79 Å². The Labute approximate surface area is 128 Å². The standard InChI is InChI=1S/C17H14ClNO2/c18-15-9-5-4-8-14(15)17(21)19-11-13(10-16(19)20)12-6-2-1-3-7-12/h1-9,13H,10-11H2/t13-/m1/s1. The summed E-state index contributed by atoms with van der Waals surface area (Å²) in [5.41, 5.74) is 1.46. The topological polar surface area (TPSA) is 37.4 Å². The van der Waals surface area contributed by atoms with Crippen molar-refractivity contribution in [1.29, 1.82) is 0 Å². The normalized spacial score (nSPS) is 18.0. The van der Waals surface area contributed by atoms with Crippen molar-refractivity contribution in [3.05, 3.63) is 70.7 Å². The van der Waals surface area contributed by atoms with Crippen LogP contribution in [0.2, 0.25) is 5.02 Å². The van der Waals surface area contributed by atoms with Crippen LogP contribution in [0.5, 0.6) is 0 Å². The first kappa shape index (κ1) is 13.8. The van der Waals surface area contributed by atoms with E-state index in [2.05, 4.69) is 0 Å². The van der Waals surface area contributed by atoms with E-state index in [9.17, 15) is 9.59 Å². The van der Waals surface area contributed by atoms with E-state index in [0.717, 1.165) is 5.56 Å². The van der Waals surface area contributed by atoms with Gasteiger partial charge in [0.25, 0.3) is 5.91 Å². The van der Waals surface area contributed by atoms with Crippen LogP contribution >= 0.6 is 11.6 Å². The van der Waals surface area contributed by atoms with Crippen LogP contribution in [0.4, 0.5) is 0 Å². The Morgan fingerprint density at radius 2 is 1.71 bits per heavy atom. The summed E-state index contributed by atoms with van der Waals surface area (Å²) in [5, 5.41) is 0.374. The summed E-state index contributed by atoms with van der Waals surface area (Å²) in [5.74, 6) is -0.400. The summed E-state index contributed by atoms with van der Waals surface area (Å²) in [6.45, 7) is 0.410. The lowest BCUT2D eigenvalue weighted by Gasteiger charge is -2.15. The number of rotatable bonds is 2. The van der Waals surface area contributed by atoms with Crippen molar-refractivity contribution >= 4 is 23.4 Å². The molecule has 1 saturated heterocycles. The number of hydrogen-bond donors (Lipinski definition) is 0. The molecule has 0 aliphatic carbocycles. The Hall–Kier alpha value is -2.13. The molecule has 0 N–H and O–H groups in total. The average Bonchev–Trinajstić information content (AvgIpc) is 2.90. The fourth-order valence-corrected chi connectivity index (χ4v) is 2.85. The van der Waals surface area contributed by atoms with Gasteiger partial charge in [-0.1, -0.05) is 54.1 Å². The molecule has 4 heteroatoms. The molecule has 0 saturated carbocycles. The number of carbonyl (C=O) groups is 2. The van der Waals surface area contributed by atoms with E-state index >= 15 is 0 Å². The van der Waals surface area contributed by atoms with Crippen LogP contribution < -0.4 is 0 Å². The lowest BCUT2D eigenvalue weighted by atomic mass is 9.98. The highest BCUT2D eigenvalue weighted by molar-refractivity contribution is 6.34. The fraction of sp³-hybridized carbons (Fsp3) is 0.176. The van der Waals surface area contributed by atoms with Crippen LogP contribution in [0, 0.1) is 0 Å². The second-order valence-corrected chi connectivity index (χ2v) is 5.51. The second kappa shape index (κ2) is 5.70. The van der Waals surface area contributed by atoms with Crippen LogP contribution in [-0.4, -0.2) is 23.3 Å². The van der Waals surface area contributed by atoms with Gasteiger partial charge >= 0.3 is 0 Å². The number of likely N-dealkylation sites (tertiary alicyclic amines) is 1. The van der Waals surface area contributed by atoms with Gasteiger partial charge in [0.05, 0.1) is 10.6 Å². The van der Waals surface area contributed by atoms with Crippen molar-refractivity contribution in [2.45, 2.75) is 12.3 Å². The fourth-order valence-electron chi connectivity index (χ4n) is 2.63. The monoisotopic (exact) mass is 299 g/mol. The van der Waals surface area contributed by atoms with E-state index in [4.69, 9.17) is 11.6 Å². The zero-order valence-electron chi connectivity index (χ0n) is 11.3. The molecule has 1 heterocycles. The zero-order valence-corrected chi connectivity index (χ0v) is 12.1. The van der Waals surface area contributed by atoms with Crippen molar-refractivity contribution in [1.82, 2.24) is 4.90 Å². The lowest BCUT2D eigenvalue weighted by molar-refractivity contribution is -0.125. The van der Waals surface area contributed by atoms with Gasteiger partial charge in [0, 0.05) is 18.9 Å². The highest BCUT2D eigenvalue weighted by Gasteiger charge is 2.35. The quantitative estimate of drug-likeness (QED) is 0.796. The van der Waals surface area contributed by atoms with Crippen molar-refractivity contribution in [2.24, 2.45) is 0 Å². The van der Waals surface area contributed by atoms with Gasteiger partial charge < -0.3 is 0 Å². The maximum atomic E-state index is 12.5. The Kier molecular flexibility index (Phi) is 3.76. The van der Waals surface area contributed by atoms with Crippen molar-refractivity contribution in [3.63, 3.8) is 0 Å². The maximum absolute atomic E-state index is 12.5. The molecule has 0 bridgehead atoms. The Balaban J connectivity index is 1.83. The first-order valence-corrected chi connectivity index (χ1v) is 7.19. The van der Waals surface area contributed by atoms with Crippen LogP contribution in [0.15, 0.2) is 54.6 Å². The maximum Gasteiger partial charge on any atom is 0.261 e. The highest BCUT2D eigenvalue weighted by atomic mass is 35.5. The van der Waals surface area contributed by atoms with Gasteiger partial charge in [-0.25, -0.2) is 0 Å². The third-order valence-corrected chi connectivity index (χ3v) is 4.08. The number of imide groups is 1. The third kappa shape index (κ3) is 2.69. The molecule has 1 aliphatic heterocycles. The van der Waals surface area contributed by atoms with Crippen molar-refractivity contribution in [2.75, 3.05) is 6.54 Å². The highest BCUT2D eigenvalue weighted by Crippen LogP contribution is 2.30. The zero-order chi connectivity index (χ0) is 14.8. The molecule has 3 rings (SSSR count). The molecule has 106 valence electrons. The predicted octanol–water partition coefficient (Wildman–Crippen LogP) is 3.50. The van der Waals surface area contributed by atoms with E-state index in [1.807, 2.05) is 30.3 Å². The molecule has 1 aliphatic rings. The molecule has 3 nitrogen and oxygen atoms in total. The minimum absolute atomic E-state index is 0.0603. The van der Waals surface area contributed by atoms with Crippen molar-refractivity contribution < 1.29 is 9.59 Å². The molecule has 0 unspecified atom stereocenters. The molecule has 1 atom stereocenters. The van der Waals surface area contributed by atoms with Gasteiger partial charge in [-0.05, 0) is 17.7 Å². The van der Waals surface area contributed by atoms with Crippen molar-refractivity contribution in [3.8, 4) is 0 Å². The number of amides is 2. The number of carbonyl (C=O) groups excluding carboxylic acids is 2. The van der Waals surface area contributed by atoms with Crippen LogP contribution in [0.1, 0.15) is 28.3 Å². The largest absolute Gasteiger partial charge is 0.278 e. The van der Waals surface area contributed by atoms with Gasteiger partial charge in [0.1, 0.15) is 0 Å². The van der Waals surface area contributed by atoms with Gasteiger partial charge in [-0.3, -0.25) is 14.5 Å². The number of halogens is 1. The first-order valence-electron chi connectivity index (χ1n) is 6.81. The first-order chi connectivity index (χ1) is 10.2. The summed E-state index contributed by atoms with van der Waals surface area (Å²) < 4.78 is 0. The molecule has 2 aromatic rings. The Morgan fingerprint density at radius 1 is 1.05 bits per heavy atom. The molecular formula is C17H14ClNO2. The summed E-state index contributed by atoms with van der Waals surface area (Å²) in [7, 11) is 0. The minimum atomic E-state index is -0.316. The van der Waals surface area contributed by atoms with E-state index in [1.165, 1.54) is 4.90 Å². The van der Waals surface area contributed by atoms with Gasteiger partial charge in [0.2, 0.25) is 5.91 Å². The molecule has 2 amide bonds. The van der Waals surface area contributed by atoms with Gasteiger partial charge in [-0.2, -0.15) is 0 Å². The van der Waals surface area contributed by atoms with E-state index in [0.29, 0.717) is 23.6 Å². The number of hydrogen-bond acceptors (Lipinski definition) is 2. The smallest absolute Gasteiger partial charge is 0.261 e. The molecule has 0 aromatic heterocycles. The summed E-state index contributed by atoms with van der Waals surface area (Å²) >= 11 is 6.04. The van der Waals surface area contributed by atoms with E-state index < -0.39 is 0 Å². The van der Waals surface area contributed by atoms with Gasteiger partial charge in [-0.15, -0.1) is 0 Å².